The quantitative estimate of drug-likeness (QED) is 0.171. The van der Waals surface area contributed by atoms with Gasteiger partial charge >= 0.3 is 0 Å². The Labute approximate surface area is 327 Å². The number of benzene rings is 8. The van der Waals surface area contributed by atoms with Gasteiger partial charge in [0.15, 0.2) is 17.5 Å². The number of fused-ring (bicyclic) bond motifs is 6. The molecule has 0 radical (unpaired) electrons. The first-order valence-electron chi connectivity index (χ1n) is 18.7. The van der Waals surface area contributed by atoms with Gasteiger partial charge in [-0.15, -0.1) is 11.3 Å². The lowest BCUT2D eigenvalue weighted by atomic mass is 9.98. The normalized spacial score (nSPS) is 11.6. The van der Waals surface area contributed by atoms with Crippen LogP contribution < -0.4 is 0 Å². The van der Waals surface area contributed by atoms with Gasteiger partial charge in [-0.1, -0.05) is 164 Å². The second kappa shape index (κ2) is 13.3. The maximum absolute atomic E-state index is 6.27. The minimum absolute atomic E-state index is 0.633. The van der Waals surface area contributed by atoms with Gasteiger partial charge in [-0.25, -0.2) is 15.0 Å². The fourth-order valence-electron chi connectivity index (χ4n) is 7.82. The number of para-hydroxylation sites is 1. The van der Waals surface area contributed by atoms with Crippen molar-refractivity contribution in [3.05, 3.63) is 188 Å². The highest BCUT2D eigenvalue weighted by atomic mass is 32.1. The van der Waals surface area contributed by atoms with Gasteiger partial charge in [-0.05, 0) is 52.1 Å². The van der Waals surface area contributed by atoms with Gasteiger partial charge in [-0.3, -0.25) is 0 Å². The van der Waals surface area contributed by atoms with E-state index in [1.54, 1.807) is 11.3 Å². The standard InChI is InChI=1S/C51H31N3OS/c1-3-12-32(13-4-1)34-24-26-35(27-25-34)49-52-50(37-17-9-16-36(30-37)33-14-5-2-6-15-33)54-51(53-49)38-28-29-39-41-20-10-21-42(48(41)56-46(39)31-38)40-19-11-23-45-47(40)43-18-7-8-22-44(43)55-45/h1-31H. The van der Waals surface area contributed by atoms with Gasteiger partial charge in [0.05, 0.1) is 0 Å². The molecule has 5 heteroatoms. The average molecular weight is 734 g/mol. The van der Waals surface area contributed by atoms with E-state index in [-0.39, 0.29) is 0 Å². The van der Waals surface area contributed by atoms with Crippen molar-refractivity contribution >= 4 is 53.4 Å². The van der Waals surface area contributed by atoms with Gasteiger partial charge in [0.2, 0.25) is 0 Å². The van der Waals surface area contributed by atoms with Gasteiger partial charge < -0.3 is 4.42 Å². The summed E-state index contributed by atoms with van der Waals surface area (Å²) < 4.78 is 8.69. The first kappa shape index (κ1) is 32.2. The fraction of sp³-hybridized carbons (Fsp3) is 0. The van der Waals surface area contributed by atoms with Gasteiger partial charge in [0.1, 0.15) is 11.2 Å². The molecule has 8 aromatic carbocycles. The molecule has 56 heavy (non-hydrogen) atoms. The highest BCUT2D eigenvalue weighted by Crippen LogP contribution is 2.44. The summed E-state index contributed by atoms with van der Waals surface area (Å²) in [5, 5.41) is 4.71. The second-order valence-corrected chi connectivity index (χ2v) is 15.0. The van der Waals surface area contributed by atoms with Crippen LogP contribution in [0.25, 0.3) is 110 Å². The topological polar surface area (TPSA) is 51.8 Å². The maximum Gasteiger partial charge on any atom is 0.164 e. The minimum Gasteiger partial charge on any atom is -0.456 e. The van der Waals surface area contributed by atoms with E-state index in [0.29, 0.717) is 17.5 Å². The molecule has 0 aliphatic rings. The lowest BCUT2D eigenvalue weighted by Crippen LogP contribution is -2.00. The molecule has 0 aliphatic heterocycles. The smallest absolute Gasteiger partial charge is 0.164 e. The van der Waals surface area contributed by atoms with Crippen LogP contribution in [0.2, 0.25) is 0 Å². The number of hydrogen-bond acceptors (Lipinski definition) is 5. The van der Waals surface area contributed by atoms with Crippen molar-refractivity contribution in [1.82, 2.24) is 15.0 Å². The summed E-state index contributed by atoms with van der Waals surface area (Å²) in [5.41, 5.74) is 11.6. The summed E-state index contributed by atoms with van der Waals surface area (Å²) in [6.45, 7) is 0. The Morgan fingerprint density at radius 3 is 1.64 bits per heavy atom. The molecule has 0 saturated carbocycles. The van der Waals surface area contributed by atoms with Crippen molar-refractivity contribution in [2.75, 3.05) is 0 Å². The van der Waals surface area contributed by atoms with E-state index in [2.05, 4.69) is 164 Å². The number of nitrogens with zero attached hydrogens (tertiary/aromatic N) is 3. The molecule has 0 N–H and O–H groups in total. The molecule has 262 valence electrons. The fourth-order valence-corrected chi connectivity index (χ4v) is 9.09. The molecule has 0 fully saturated rings. The van der Waals surface area contributed by atoms with Crippen LogP contribution in [0.1, 0.15) is 0 Å². The van der Waals surface area contributed by atoms with E-state index in [0.717, 1.165) is 55.3 Å². The van der Waals surface area contributed by atoms with E-state index < -0.39 is 0 Å². The Bertz CT molecular complexity index is 3240. The molecule has 4 nitrogen and oxygen atoms in total. The predicted octanol–water partition coefficient (Wildman–Crippen LogP) is 14.1. The molecule has 3 aromatic heterocycles. The molecule has 0 aliphatic carbocycles. The summed E-state index contributed by atoms with van der Waals surface area (Å²) in [6, 6.07) is 65.6. The Morgan fingerprint density at radius 1 is 0.339 bits per heavy atom. The third-order valence-corrected chi connectivity index (χ3v) is 11.8. The molecular weight excluding hydrogens is 703 g/mol. The SMILES string of the molecule is c1ccc(-c2ccc(-c3nc(-c4cccc(-c5ccccc5)c4)nc(-c4ccc5c(c4)sc4c(-c6cccc7oc8ccccc8c67)cccc45)n3)cc2)cc1. The molecule has 0 bridgehead atoms. The van der Waals surface area contributed by atoms with Crippen molar-refractivity contribution in [3.8, 4) is 67.5 Å². The molecule has 0 saturated heterocycles. The summed E-state index contributed by atoms with van der Waals surface area (Å²) >= 11 is 1.81. The molecule has 0 unspecified atom stereocenters. The van der Waals surface area contributed by atoms with E-state index in [4.69, 9.17) is 19.4 Å². The largest absolute Gasteiger partial charge is 0.456 e. The number of hydrogen-bond donors (Lipinski definition) is 0. The minimum atomic E-state index is 0.633. The Balaban J connectivity index is 1.06. The Morgan fingerprint density at radius 2 is 0.857 bits per heavy atom. The van der Waals surface area contributed by atoms with Crippen molar-refractivity contribution in [1.29, 1.82) is 0 Å². The van der Waals surface area contributed by atoms with Crippen LogP contribution in [0.5, 0.6) is 0 Å². The van der Waals surface area contributed by atoms with Crippen LogP contribution in [-0.2, 0) is 0 Å². The number of furan rings is 1. The molecule has 3 heterocycles. The third kappa shape index (κ3) is 5.56. The van der Waals surface area contributed by atoms with Crippen LogP contribution in [0, 0.1) is 0 Å². The van der Waals surface area contributed by atoms with Crippen molar-refractivity contribution < 1.29 is 4.42 Å². The second-order valence-electron chi connectivity index (χ2n) is 14.0. The Hall–Kier alpha value is -7.21. The van der Waals surface area contributed by atoms with Gasteiger partial charge in [0, 0.05) is 53.2 Å². The third-order valence-electron chi connectivity index (χ3n) is 10.6. The highest BCUT2D eigenvalue weighted by molar-refractivity contribution is 7.26. The molecule has 0 atom stereocenters. The maximum atomic E-state index is 6.27. The monoisotopic (exact) mass is 733 g/mol. The van der Waals surface area contributed by atoms with Crippen LogP contribution >= 0.6 is 11.3 Å². The number of aromatic nitrogens is 3. The van der Waals surface area contributed by atoms with Crippen LogP contribution in [0.15, 0.2) is 192 Å². The zero-order chi connectivity index (χ0) is 37.0. The summed E-state index contributed by atoms with van der Waals surface area (Å²) in [5.74, 6) is 1.90. The first-order valence-corrected chi connectivity index (χ1v) is 19.5. The zero-order valence-corrected chi connectivity index (χ0v) is 30.9. The van der Waals surface area contributed by atoms with E-state index in [1.807, 2.05) is 24.3 Å². The number of thiophene rings is 1. The highest BCUT2D eigenvalue weighted by Gasteiger charge is 2.18. The summed E-state index contributed by atoms with van der Waals surface area (Å²) in [4.78, 5) is 15.4. The van der Waals surface area contributed by atoms with Crippen LogP contribution in [0.4, 0.5) is 0 Å². The average Bonchev–Trinajstić information content (AvgIpc) is 3.85. The van der Waals surface area contributed by atoms with Crippen LogP contribution in [-0.4, -0.2) is 15.0 Å². The molecule has 11 aromatic rings. The van der Waals surface area contributed by atoms with Crippen LogP contribution in [0.3, 0.4) is 0 Å². The lowest BCUT2D eigenvalue weighted by Gasteiger charge is -2.10. The van der Waals surface area contributed by atoms with Crippen molar-refractivity contribution in [3.63, 3.8) is 0 Å². The van der Waals surface area contributed by atoms with E-state index in [1.165, 1.54) is 36.9 Å². The van der Waals surface area contributed by atoms with E-state index in [9.17, 15) is 0 Å². The lowest BCUT2D eigenvalue weighted by molar-refractivity contribution is 0.669. The molecular formula is C51H31N3OS. The molecule has 11 rings (SSSR count). The van der Waals surface area contributed by atoms with Crippen molar-refractivity contribution in [2.24, 2.45) is 0 Å². The van der Waals surface area contributed by atoms with Crippen molar-refractivity contribution in [2.45, 2.75) is 0 Å². The molecule has 0 amide bonds. The zero-order valence-electron chi connectivity index (χ0n) is 30.1. The predicted molar refractivity (Wildman–Crippen MR) is 233 cm³/mol. The summed E-state index contributed by atoms with van der Waals surface area (Å²) in [7, 11) is 0. The summed E-state index contributed by atoms with van der Waals surface area (Å²) in [6.07, 6.45) is 0. The Kier molecular flexibility index (Phi) is 7.64. The number of rotatable bonds is 6. The van der Waals surface area contributed by atoms with Gasteiger partial charge in [0.25, 0.3) is 0 Å². The molecule has 0 spiro atoms. The van der Waals surface area contributed by atoms with Gasteiger partial charge in [-0.2, -0.15) is 0 Å². The van der Waals surface area contributed by atoms with E-state index >= 15 is 0 Å². The first-order chi connectivity index (χ1) is 27.7.